The summed E-state index contributed by atoms with van der Waals surface area (Å²) in [6.07, 6.45) is 0. The Morgan fingerprint density at radius 2 is 1.80 bits per heavy atom. The summed E-state index contributed by atoms with van der Waals surface area (Å²) in [6.45, 7) is 0.183. The zero-order valence-corrected chi connectivity index (χ0v) is 12.7. The Morgan fingerprint density at radius 3 is 2.45 bits per heavy atom. The van der Waals surface area contributed by atoms with Crippen molar-refractivity contribution in [3.05, 3.63) is 57.7 Å². The fourth-order valence-electron chi connectivity index (χ4n) is 1.54. The lowest BCUT2D eigenvalue weighted by molar-refractivity contribution is 0.0733. The average molecular weight is 384 g/mol. The molecule has 0 heterocycles. The third-order valence-corrected chi connectivity index (χ3v) is 3.38. The largest absolute Gasteiger partial charge is 0.491 e. The standard InChI is InChI=1S/C15H13IO4/c16-13-3-1-2-4-14(13)20-15(18)11-5-7-12(8-6-11)19-10-9-17/h1-8,17H,9-10H2. The van der Waals surface area contributed by atoms with E-state index in [4.69, 9.17) is 14.6 Å². The van der Waals surface area contributed by atoms with E-state index in [1.807, 2.05) is 18.2 Å². The van der Waals surface area contributed by atoms with Crippen molar-refractivity contribution < 1.29 is 19.4 Å². The molecule has 0 saturated heterocycles. The van der Waals surface area contributed by atoms with Crippen LogP contribution in [-0.2, 0) is 0 Å². The van der Waals surface area contributed by atoms with E-state index in [0.29, 0.717) is 17.1 Å². The summed E-state index contributed by atoms with van der Waals surface area (Å²) in [5.74, 6) is 0.728. The molecular weight excluding hydrogens is 371 g/mol. The molecule has 2 aromatic carbocycles. The molecule has 0 aliphatic carbocycles. The van der Waals surface area contributed by atoms with Gasteiger partial charge in [-0.15, -0.1) is 0 Å². The SMILES string of the molecule is O=C(Oc1ccccc1I)c1ccc(OCCO)cc1. The van der Waals surface area contributed by atoms with Crippen LogP contribution in [0.3, 0.4) is 0 Å². The van der Waals surface area contributed by atoms with Gasteiger partial charge in [0, 0.05) is 0 Å². The molecular formula is C15H13IO4. The Bertz CT molecular complexity index is 581. The Kier molecular flexibility index (Phi) is 5.37. The van der Waals surface area contributed by atoms with Crippen molar-refractivity contribution in [2.24, 2.45) is 0 Å². The summed E-state index contributed by atoms with van der Waals surface area (Å²) in [7, 11) is 0. The number of benzene rings is 2. The number of ether oxygens (including phenoxy) is 2. The van der Waals surface area contributed by atoms with Crippen molar-refractivity contribution >= 4 is 28.6 Å². The third-order valence-electron chi connectivity index (χ3n) is 2.49. The maximum atomic E-state index is 12.0. The number of rotatable bonds is 5. The molecule has 2 rings (SSSR count). The number of esters is 1. The highest BCUT2D eigenvalue weighted by Gasteiger charge is 2.10. The molecule has 1 N–H and O–H groups in total. The minimum atomic E-state index is -0.414. The molecule has 0 saturated carbocycles. The van der Waals surface area contributed by atoms with Crippen LogP contribution in [0.4, 0.5) is 0 Å². The average Bonchev–Trinajstić information content (AvgIpc) is 2.48. The maximum Gasteiger partial charge on any atom is 0.343 e. The van der Waals surface area contributed by atoms with Crippen molar-refractivity contribution in [3.8, 4) is 11.5 Å². The van der Waals surface area contributed by atoms with Gasteiger partial charge in [0.15, 0.2) is 0 Å². The first-order valence-electron chi connectivity index (χ1n) is 6.01. The minimum absolute atomic E-state index is 0.0454. The van der Waals surface area contributed by atoms with E-state index in [2.05, 4.69) is 22.6 Å². The highest BCUT2D eigenvalue weighted by atomic mass is 127. The van der Waals surface area contributed by atoms with Gasteiger partial charge >= 0.3 is 5.97 Å². The van der Waals surface area contributed by atoms with Crippen LogP contribution in [-0.4, -0.2) is 24.3 Å². The van der Waals surface area contributed by atoms with Gasteiger partial charge in [-0.2, -0.15) is 0 Å². The number of hydrogen-bond acceptors (Lipinski definition) is 4. The van der Waals surface area contributed by atoms with Crippen LogP contribution in [0.1, 0.15) is 10.4 Å². The number of carbonyl (C=O) groups is 1. The minimum Gasteiger partial charge on any atom is -0.491 e. The second-order valence-electron chi connectivity index (χ2n) is 3.92. The first-order valence-corrected chi connectivity index (χ1v) is 7.09. The normalized spacial score (nSPS) is 10.1. The quantitative estimate of drug-likeness (QED) is 0.490. The molecule has 0 aliphatic rings. The smallest absolute Gasteiger partial charge is 0.343 e. The molecule has 4 nitrogen and oxygen atoms in total. The molecule has 5 heteroatoms. The van der Waals surface area contributed by atoms with Crippen molar-refractivity contribution in [1.82, 2.24) is 0 Å². The van der Waals surface area contributed by atoms with E-state index in [0.717, 1.165) is 3.57 Å². The summed E-state index contributed by atoms with van der Waals surface area (Å²) in [6, 6.07) is 13.9. The van der Waals surface area contributed by atoms with E-state index in [1.54, 1.807) is 30.3 Å². The number of halogens is 1. The van der Waals surface area contributed by atoms with Crippen molar-refractivity contribution in [2.45, 2.75) is 0 Å². The Labute approximate surface area is 130 Å². The zero-order valence-electron chi connectivity index (χ0n) is 10.6. The lowest BCUT2D eigenvalue weighted by Gasteiger charge is -2.07. The molecule has 0 spiro atoms. The van der Waals surface area contributed by atoms with Gasteiger partial charge < -0.3 is 14.6 Å². The van der Waals surface area contributed by atoms with Crippen LogP contribution >= 0.6 is 22.6 Å². The van der Waals surface area contributed by atoms with Crippen molar-refractivity contribution in [1.29, 1.82) is 0 Å². The molecule has 0 unspecified atom stereocenters. The predicted molar refractivity (Wildman–Crippen MR) is 83.1 cm³/mol. The van der Waals surface area contributed by atoms with Crippen LogP contribution in [0.2, 0.25) is 0 Å². The summed E-state index contributed by atoms with van der Waals surface area (Å²) in [4.78, 5) is 12.0. The van der Waals surface area contributed by atoms with Gasteiger partial charge in [0.1, 0.15) is 18.1 Å². The molecule has 0 fully saturated rings. The fourth-order valence-corrected chi connectivity index (χ4v) is 2.03. The van der Waals surface area contributed by atoms with Crippen molar-refractivity contribution in [3.63, 3.8) is 0 Å². The van der Waals surface area contributed by atoms with Crippen molar-refractivity contribution in [2.75, 3.05) is 13.2 Å². The molecule has 0 amide bonds. The number of aliphatic hydroxyl groups is 1. The summed E-state index contributed by atoms with van der Waals surface area (Å²) < 4.78 is 11.4. The highest BCUT2D eigenvalue weighted by Crippen LogP contribution is 2.21. The van der Waals surface area contributed by atoms with E-state index >= 15 is 0 Å². The van der Waals surface area contributed by atoms with Gasteiger partial charge in [0.25, 0.3) is 0 Å². The van der Waals surface area contributed by atoms with Gasteiger partial charge in [-0.05, 0) is 59.0 Å². The van der Waals surface area contributed by atoms with Gasteiger partial charge in [-0.25, -0.2) is 4.79 Å². The van der Waals surface area contributed by atoms with Crippen LogP contribution in [0.5, 0.6) is 11.5 Å². The van der Waals surface area contributed by atoms with Crippen LogP contribution in [0.15, 0.2) is 48.5 Å². The Morgan fingerprint density at radius 1 is 1.10 bits per heavy atom. The van der Waals surface area contributed by atoms with Gasteiger partial charge in [-0.1, -0.05) is 12.1 Å². The maximum absolute atomic E-state index is 12.0. The number of hydrogen-bond donors (Lipinski definition) is 1. The topological polar surface area (TPSA) is 55.8 Å². The van der Waals surface area contributed by atoms with Gasteiger partial charge in [0.05, 0.1) is 15.7 Å². The Hall–Kier alpha value is -1.60. The summed E-state index contributed by atoms with van der Waals surface area (Å²) >= 11 is 2.11. The second kappa shape index (κ2) is 7.25. The molecule has 0 aliphatic heterocycles. The lowest BCUT2D eigenvalue weighted by Crippen LogP contribution is -2.09. The Balaban J connectivity index is 2.04. The second-order valence-corrected chi connectivity index (χ2v) is 5.08. The monoisotopic (exact) mass is 384 g/mol. The number of carbonyl (C=O) groups excluding carboxylic acids is 1. The zero-order chi connectivity index (χ0) is 14.4. The van der Waals surface area contributed by atoms with E-state index < -0.39 is 5.97 Å². The molecule has 104 valence electrons. The van der Waals surface area contributed by atoms with Crippen LogP contribution in [0.25, 0.3) is 0 Å². The first kappa shape index (κ1) is 14.8. The number of aliphatic hydroxyl groups excluding tert-OH is 1. The van der Waals surface area contributed by atoms with Crippen LogP contribution < -0.4 is 9.47 Å². The lowest BCUT2D eigenvalue weighted by atomic mass is 10.2. The third kappa shape index (κ3) is 3.94. The molecule has 0 bridgehead atoms. The summed E-state index contributed by atoms with van der Waals surface area (Å²) in [5, 5.41) is 8.66. The first-order chi connectivity index (χ1) is 9.70. The molecule has 2 aromatic rings. The highest BCUT2D eigenvalue weighted by molar-refractivity contribution is 14.1. The van der Waals surface area contributed by atoms with Gasteiger partial charge in [0.2, 0.25) is 0 Å². The summed E-state index contributed by atoms with van der Waals surface area (Å²) in [5.41, 5.74) is 0.445. The number of para-hydroxylation sites is 1. The van der Waals surface area contributed by atoms with E-state index in [1.165, 1.54) is 0 Å². The fraction of sp³-hybridized carbons (Fsp3) is 0.133. The van der Waals surface area contributed by atoms with E-state index in [9.17, 15) is 4.79 Å². The molecule has 20 heavy (non-hydrogen) atoms. The molecule has 0 atom stereocenters. The molecule has 0 radical (unpaired) electrons. The van der Waals surface area contributed by atoms with E-state index in [-0.39, 0.29) is 13.2 Å². The predicted octanol–water partition coefficient (Wildman–Crippen LogP) is 2.88. The van der Waals surface area contributed by atoms with Crippen LogP contribution in [0, 0.1) is 3.57 Å². The van der Waals surface area contributed by atoms with Gasteiger partial charge in [-0.3, -0.25) is 0 Å². The molecule has 0 aromatic heterocycles.